The van der Waals surface area contributed by atoms with E-state index >= 15 is 0 Å². The van der Waals surface area contributed by atoms with E-state index in [2.05, 4.69) is 16.0 Å². The summed E-state index contributed by atoms with van der Waals surface area (Å²) in [7, 11) is 3.15. The lowest BCUT2D eigenvalue weighted by molar-refractivity contribution is -0.137. The summed E-state index contributed by atoms with van der Waals surface area (Å²) in [6.45, 7) is 7.97. The molecule has 0 radical (unpaired) electrons. The summed E-state index contributed by atoms with van der Waals surface area (Å²) < 4.78 is 23.4. The fourth-order valence-electron chi connectivity index (χ4n) is 9.93. The molecule has 4 atom stereocenters. The maximum Gasteiger partial charge on any atom is 0.260 e. The highest BCUT2D eigenvalue weighted by molar-refractivity contribution is 6.13. The maximum absolute atomic E-state index is 14.1. The molecule has 410 valence electrons. The number of amides is 7. The second-order valence-corrected chi connectivity index (χ2v) is 20.3. The van der Waals surface area contributed by atoms with Gasteiger partial charge in [-0.2, -0.15) is 0 Å². The predicted octanol–water partition coefficient (Wildman–Crippen LogP) is 7.87. The van der Waals surface area contributed by atoms with Gasteiger partial charge in [-0.1, -0.05) is 44.5 Å². The number of carbonyl (C=O) groups excluding carboxylic acids is 7. The largest absolute Gasteiger partial charge is 0.497 e. The monoisotopic (exact) mass is 1070 g/mol. The zero-order chi connectivity index (χ0) is 55.9. The van der Waals surface area contributed by atoms with Gasteiger partial charge in [0.1, 0.15) is 23.6 Å². The lowest BCUT2D eigenvalue weighted by atomic mass is 10.0. The Kier molecular flexibility index (Phi) is 16.8. The molecule has 9 rings (SSSR count). The Hall–Kier alpha value is -8.87. The second kappa shape index (κ2) is 24.2. The molecule has 0 aliphatic carbocycles. The molecule has 19 heteroatoms. The minimum atomic E-state index is -0.922. The number of ether oxygens (including phenoxy) is 4. The Bertz CT molecular complexity index is 3200. The molecular formula is C60H64N8O11. The lowest BCUT2D eigenvalue weighted by Gasteiger charge is -2.24. The Morgan fingerprint density at radius 3 is 1.80 bits per heavy atom. The lowest BCUT2D eigenvalue weighted by Crippen LogP contribution is -2.53. The third-order valence-corrected chi connectivity index (χ3v) is 14.4. The van der Waals surface area contributed by atoms with Crippen LogP contribution in [0.4, 0.5) is 17.1 Å². The van der Waals surface area contributed by atoms with Crippen LogP contribution in [0.25, 0.3) is 11.1 Å². The maximum atomic E-state index is 14.1. The van der Waals surface area contributed by atoms with Crippen LogP contribution in [0.1, 0.15) is 103 Å². The molecule has 0 bridgehead atoms. The third-order valence-electron chi connectivity index (χ3n) is 14.4. The van der Waals surface area contributed by atoms with Gasteiger partial charge in [-0.05, 0) is 96.8 Å². The summed E-state index contributed by atoms with van der Waals surface area (Å²) in [5.41, 5.74) is 7.02. The van der Waals surface area contributed by atoms with Crippen molar-refractivity contribution in [3.05, 3.63) is 125 Å². The van der Waals surface area contributed by atoms with Crippen LogP contribution in [0, 0.1) is 12.8 Å². The van der Waals surface area contributed by atoms with E-state index in [4.69, 9.17) is 28.9 Å². The highest BCUT2D eigenvalue weighted by atomic mass is 16.5. The van der Waals surface area contributed by atoms with Gasteiger partial charge in [0.05, 0.1) is 62.0 Å². The zero-order valence-electron chi connectivity index (χ0n) is 45.1. The Morgan fingerprint density at radius 1 is 0.646 bits per heavy atom. The average Bonchev–Trinajstić information content (AvgIpc) is 4.17. The van der Waals surface area contributed by atoms with E-state index in [1.165, 1.54) is 19.3 Å². The SMILES string of the molecule is COc1ccc(C2=CN3C(=O)c4cc(C)c(OCCCOc5cc6c(cc5OC)C(=O)N5C=C(c7ccc(NC(=O)[C@H](C)NC(=O)[C@@H](NC(=O)CCCCCN8C(=O)C=CC8=O)C(C)C)cc7)C[C@H]5C=N6)cc4N=C[C@@H]3C2)cc1. The number of benzene rings is 4. The first kappa shape index (κ1) is 54.9. The van der Waals surface area contributed by atoms with Crippen LogP contribution in [0.5, 0.6) is 23.0 Å². The number of rotatable bonds is 22. The van der Waals surface area contributed by atoms with Crippen molar-refractivity contribution in [2.45, 2.75) is 96.8 Å². The molecule has 5 heterocycles. The summed E-state index contributed by atoms with van der Waals surface area (Å²) in [6.07, 6.45) is 13.3. The Labute approximate surface area is 458 Å². The summed E-state index contributed by atoms with van der Waals surface area (Å²) in [6, 6.07) is 19.7. The number of hydrogen-bond donors (Lipinski definition) is 3. The van der Waals surface area contributed by atoms with Crippen molar-refractivity contribution in [2.75, 3.05) is 39.3 Å². The number of anilines is 1. The molecule has 79 heavy (non-hydrogen) atoms. The molecular weight excluding hydrogens is 1010 g/mol. The van der Waals surface area contributed by atoms with E-state index in [1.54, 1.807) is 68.2 Å². The fraction of sp³-hybridized carbons (Fsp3) is 0.350. The number of methoxy groups -OCH3 is 2. The van der Waals surface area contributed by atoms with Gasteiger partial charge in [0.15, 0.2) is 11.5 Å². The number of aryl methyl sites for hydroxylation is 1. The van der Waals surface area contributed by atoms with Crippen LogP contribution in [-0.2, 0) is 24.0 Å². The minimum Gasteiger partial charge on any atom is -0.497 e. The molecule has 0 fully saturated rings. The Balaban J connectivity index is 0.733. The van der Waals surface area contributed by atoms with Crippen LogP contribution in [0.15, 0.2) is 107 Å². The number of carbonyl (C=O) groups is 7. The highest BCUT2D eigenvalue weighted by Crippen LogP contribution is 2.41. The average molecular weight is 1070 g/mol. The van der Waals surface area contributed by atoms with Crippen molar-refractivity contribution in [3.63, 3.8) is 0 Å². The number of nitrogens with one attached hydrogen (secondary N) is 3. The summed E-state index contributed by atoms with van der Waals surface area (Å²) >= 11 is 0. The number of unbranched alkanes of at least 4 members (excludes halogenated alkanes) is 2. The first-order valence-corrected chi connectivity index (χ1v) is 26.6. The molecule has 5 aliphatic rings. The van der Waals surface area contributed by atoms with Gasteiger partial charge in [-0.3, -0.25) is 48.4 Å². The van der Waals surface area contributed by atoms with Crippen LogP contribution >= 0.6 is 0 Å². The van der Waals surface area contributed by atoms with Gasteiger partial charge in [0, 0.05) is 87.0 Å². The molecule has 3 N–H and O–H groups in total. The molecule has 0 spiro atoms. The molecule has 0 saturated heterocycles. The van der Waals surface area contributed by atoms with E-state index in [1.807, 2.05) is 74.1 Å². The Morgan fingerprint density at radius 2 is 1.22 bits per heavy atom. The van der Waals surface area contributed by atoms with Crippen LogP contribution < -0.4 is 34.9 Å². The van der Waals surface area contributed by atoms with E-state index < -0.39 is 23.9 Å². The minimum absolute atomic E-state index is 0.116. The van der Waals surface area contributed by atoms with Gasteiger partial charge in [-0.25, -0.2) is 0 Å². The van der Waals surface area contributed by atoms with Crippen molar-refractivity contribution in [3.8, 4) is 23.0 Å². The molecule has 4 aromatic carbocycles. The first-order valence-electron chi connectivity index (χ1n) is 26.6. The van der Waals surface area contributed by atoms with Crippen LogP contribution in [0.2, 0.25) is 0 Å². The smallest absolute Gasteiger partial charge is 0.260 e. The third kappa shape index (κ3) is 12.5. The fourth-order valence-corrected chi connectivity index (χ4v) is 9.93. The number of nitrogens with zero attached hydrogens (tertiary/aromatic N) is 5. The predicted molar refractivity (Wildman–Crippen MR) is 298 cm³/mol. The van der Waals surface area contributed by atoms with Crippen molar-refractivity contribution in [1.29, 1.82) is 0 Å². The standard InChI is InChI=1S/C60H64N8O11/c1-35(2)56(65-53(69)11-8-7-9-22-66-54(70)20-21-55(66)71)58(73)63-37(4)57(72)64-42-16-12-38(13-17-42)40-26-44-32-62-49-30-52(51(77-6)28-47(49)60(75)68(44)33-40)79-24-10-23-78-50-29-48-46(25-36(50)3)59(74)67-34-41(27-43(67)31-61-48)39-14-18-45(76-5)19-15-39/h12-21,25,28-35,37,43-44,56H,7-11,22-24,26-27H2,1-6H3,(H,63,73)(H,64,72)(H,65,69)/t37-,43-,44-,56-/m0/s1. The number of hydrogen-bond acceptors (Lipinski definition) is 13. The van der Waals surface area contributed by atoms with Crippen molar-refractivity contribution >= 4 is 82.0 Å². The molecule has 5 aliphatic heterocycles. The van der Waals surface area contributed by atoms with Gasteiger partial charge in [0.2, 0.25) is 17.7 Å². The molecule has 7 amide bonds. The van der Waals surface area contributed by atoms with Gasteiger partial charge in [0.25, 0.3) is 23.6 Å². The summed E-state index contributed by atoms with van der Waals surface area (Å²) in [5, 5.41) is 8.34. The van der Waals surface area contributed by atoms with Crippen molar-refractivity contribution in [2.24, 2.45) is 15.9 Å². The number of fused-ring (bicyclic) bond motifs is 4. The van der Waals surface area contributed by atoms with Crippen molar-refractivity contribution in [1.82, 2.24) is 25.3 Å². The zero-order valence-corrected chi connectivity index (χ0v) is 45.1. The van der Waals surface area contributed by atoms with Crippen LogP contribution in [-0.4, -0.2) is 127 Å². The highest BCUT2D eigenvalue weighted by Gasteiger charge is 2.36. The van der Waals surface area contributed by atoms with Gasteiger partial charge in [-0.15, -0.1) is 0 Å². The summed E-state index contributed by atoms with van der Waals surface area (Å²) in [4.78, 5) is 105. The van der Waals surface area contributed by atoms with Gasteiger partial charge >= 0.3 is 0 Å². The molecule has 0 unspecified atom stereocenters. The quantitative estimate of drug-likeness (QED) is 0.0507. The van der Waals surface area contributed by atoms with E-state index in [9.17, 15) is 33.6 Å². The molecule has 0 saturated carbocycles. The van der Waals surface area contributed by atoms with E-state index in [0.29, 0.717) is 90.6 Å². The summed E-state index contributed by atoms with van der Waals surface area (Å²) in [5.74, 6) is -0.334. The first-order chi connectivity index (χ1) is 38.1. The van der Waals surface area contributed by atoms with E-state index in [-0.39, 0.29) is 67.1 Å². The molecule has 4 aromatic rings. The normalized spacial score (nSPS) is 17.7. The second-order valence-electron chi connectivity index (χ2n) is 20.3. The van der Waals surface area contributed by atoms with Crippen LogP contribution in [0.3, 0.4) is 0 Å². The van der Waals surface area contributed by atoms with Crippen molar-refractivity contribution < 1.29 is 52.5 Å². The number of imide groups is 1. The van der Waals surface area contributed by atoms with Gasteiger partial charge < -0.3 is 44.7 Å². The molecule has 19 nitrogen and oxygen atoms in total. The number of aliphatic imine (C=N–C) groups is 2. The topological polar surface area (TPSA) is 227 Å². The molecule has 0 aromatic heterocycles. The van der Waals surface area contributed by atoms with E-state index in [0.717, 1.165) is 38.5 Å².